The average Bonchev–Trinajstić information content (AvgIpc) is 2.71. The molecule has 0 spiro atoms. The molecule has 29 heavy (non-hydrogen) atoms. The second kappa shape index (κ2) is 11.9. The minimum atomic E-state index is -0.253. The predicted octanol–water partition coefficient (Wildman–Crippen LogP) is 4.13. The molecule has 0 saturated heterocycles. The van der Waals surface area contributed by atoms with Gasteiger partial charge in [0.15, 0.2) is 0 Å². The predicted molar refractivity (Wildman–Crippen MR) is 115 cm³/mol. The smallest absolute Gasteiger partial charge is 0.255 e. The van der Waals surface area contributed by atoms with Crippen LogP contribution in [0.3, 0.4) is 0 Å². The van der Waals surface area contributed by atoms with E-state index in [-0.39, 0.29) is 11.8 Å². The molecular formula is C23H30N2O4. The van der Waals surface area contributed by atoms with Crippen LogP contribution in [0.5, 0.6) is 5.75 Å². The number of anilines is 1. The number of rotatable bonds is 11. The number of methoxy groups -OCH3 is 1. The number of carbonyl (C=O) groups is 2. The highest BCUT2D eigenvalue weighted by molar-refractivity contribution is 6.05. The number of nitrogens with one attached hydrogen (secondary N) is 2. The molecule has 2 aromatic rings. The summed E-state index contributed by atoms with van der Waals surface area (Å²) in [4.78, 5) is 24.8. The average molecular weight is 399 g/mol. The van der Waals surface area contributed by atoms with Crippen molar-refractivity contribution in [1.29, 1.82) is 0 Å². The van der Waals surface area contributed by atoms with Crippen molar-refractivity contribution in [3.8, 4) is 5.75 Å². The number of hydrogen-bond acceptors (Lipinski definition) is 4. The second-order valence-corrected chi connectivity index (χ2v) is 7.20. The monoisotopic (exact) mass is 398 g/mol. The van der Waals surface area contributed by atoms with E-state index in [1.807, 2.05) is 6.07 Å². The largest absolute Gasteiger partial charge is 0.494 e. The van der Waals surface area contributed by atoms with Crippen molar-refractivity contribution in [2.45, 2.75) is 26.7 Å². The lowest BCUT2D eigenvalue weighted by atomic mass is 10.1. The van der Waals surface area contributed by atoms with Gasteiger partial charge in [0.05, 0.1) is 6.61 Å². The number of benzene rings is 2. The summed E-state index contributed by atoms with van der Waals surface area (Å²) in [5, 5.41) is 5.67. The summed E-state index contributed by atoms with van der Waals surface area (Å²) in [6.45, 7) is 6.02. The highest BCUT2D eigenvalue weighted by Gasteiger charge is 2.10. The van der Waals surface area contributed by atoms with E-state index >= 15 is 0 Å². The van der Waals surface area contributed by atoms with Crippen molar-refractivity contribution in [3.63, 3.8) is 0 Å². The molecule has 2 amide bonds. The molecule has 0 aliphatic heterocycles. The van der Waals surface area contributed by atoms with E-state index in [1.54, 1.807) is 49.6 Å². The van der Waals surface area contributed by atoms with Gasteiger partial charge in [-0.15, -0.1) is 0 Å². The normalized spacial score (nSPS) is 10.6. The Labute approximate surface area is 172 Å². The summed E-state index contributed by atoms with van der Waals surface area (Å²) in [5.74, 6) is 0.795. The SMILES string of the molecule is COCCCNC(=O)c1cccc(NC(=O)c2cccc(OCCC(C)C)c2)c1. The Morgan fingerprint density at radius 3 is 2.41 bits per heavy atom. The minimum absolute atomic E-state index is 0.183. The van der Waals surface area contributed by atoms with E-state index in [0.717, 1.165) is 12.8 Å². The third kappa shape index (κ3) is 7.95. The van der Waals surface area contributed by atoms with E-state index < -0.39 is 0 Å². The van der Waals surface area contributed by atoms with Crippen molar-refractivity contribution >= 4 is 17.5 Å². The van der Waals surface area contributed by atoms with E-state index in [4.69, 9.17) is 9.47 Å². The molecule has 0 aliphatic rings. The van der Waals surface area contributed by atoms with Crippen LogP contribution < -0.4 is 15.4 Å². The van der Waals surface area contributed by atoms with Crippen molar-refractivity contribution in [3.05, 3.63) is 59.7 Å². The summed E-state index contributed by atoms with van der Waals surface area (Å²) < 4.78 is 10.7. The Bertz CT molecular complexity index is 805. The lowest BCUT2D eigenvalue weighted by Crippen LogP contribution is -2.25. The molecule has 0 bridgehead atoms. The topological polar surface area (TPSA) is 76.7 Å². The van der Waals surface area contributed by atoms with E-state index in [0.29, 0.717) is 48.2 Å². The molecule has 2 aromatic carbocycles. The van der Waals surface area contributed by atoms with Gasteiger partial charge < -0.3 is 20.1 Å². The Morgan fingerprint density at radius 1 is 0.966 bits per heavy atom. The van der Waals surface area contributed by atoms with Crippen molar-refractivity contribution in [1.82, 2.24) is 5.32 Å². The Kier molecular flexibility index (Phi) is 9.18. The van der Waals surface area contributed by atoms with Gasteiger partial charge in [-0.25, -0.2) is 0 Å². The quantitative estimate of drug-likeness (QED) is 0.558. The molecule has 0 aromatic heterocycles. The van der Waals surface area contributed by atoms with Crippen LogP contribution in [0.2, 0.25) is 0 Å². The van der Waals surface area contributed by atoms with Crippen molar-refractivity contribution in [2.24, 2.45) is 5.92 Å². The highest BCUT2D eigenvalue weighted by Crippen LogP contribution is 2.17. The van der Waals surface area contributed by atoms with Crippen LogP contribution >= 0.6 is 0 Å². The van der Waals surface area contributed by atoms with Gasteiger partial charge in [0.25, 0.3) is 11.8 Å². The van der Waals surface area contributed by atoms with E-state index in [2.05, 4.69) is 24.5 Å². The summed E-state index contributed by atoms with van der Waals surface area (Å²) in [6, 6.07) is 14.0. The molecule has 0 aliphatic carbocycles. The molecule has 0 saturated carbocycles. The maximum absolute atomic E-state index is 12.6. The van der Waals surface area contributed by atoms with Crippen LogP contribution in [0.15, 0.2) is 48.5 Å². The van der Waals surface area contributed by atoms with E-state index in [1.165, 1.54) is 0 Å². The van der Waals surface area contributed by atoms with Crippen molar-refractivity contribution < 1.29 is 19.1 Å². The molecule has 0 fully saturated rings. The summed E-state index contributed by atoms with van der Waals surface area (Å²) in [6.07, 6.45) is 1.70. The van der Waals surface area contributed by atoms with Crippen LogP contribution in [-0.2, 0) is 4.74 Å². The van der Waals surface area contributed by atoms with Gasteiger partial charge in [0.2, 0.25) is 0 Å². The summed E-state index contributed by atoms with van der Waals surface area (Å²) in [7, 11) is 1.63. The summed E-state index contributed by atoms with van der Waals surface area (Å²) in [5.41, 5.74) is 1.55. The fourth-order valence-corrected chi connectivity index (χ4v) is 2.60. The van der Waals surface area contributed by atoms with Gasteiger partial charge in [0, 0.05) is 37.1 Å². The fraction of sp³-hybridized carbons (Fsp3) is 0.391. The minimum Gasteiger partial charge on any atom is -0.494 e. The van der Waals surface area contributed by atoms with Crippen LogP contribution in [0.1, 0.15) is 47.4 Å². The number of hydrogen-bond donors (Lipinski definition) is 2. The third-order valence-corrected chi connectivity index (χ3v) is 4.25. The zero-order valence-electron chi connectivity index (χ0n) is 17.4. The first kappa shape index (κ1) is 22.4. The molecule has 0 atom stereocenters. The maximum Gasteiger partial charge on any atom is 0.255 e. The zero-order chi connectivity index (χ0) is 21.1. The second-order valence-electron chi connectivity index (χ2n) is 7.20. The molecule has 2 rings (SSSR count). The first-order chi connectivity index (χ1) is 14.0. The number of carbonyl (C=O) groups excluding carboxylic acids is 2. The molecule has 0 unspecified atom stereocenters. The van der Waals surface area contributed by atoms with Crippen molar-refractivity contribution in [2.75, 3.05) is 32.2 Å². The first-order valence-corrected chi connectivity index (χ1v) is 9.91. The molecule has 156 valence electrons. The Hall–Kier alpha value is -2.86. The van der Waals surface area contributed by atoms with Gasteiger partial charge in [-0.1, -0.05) is 26.0 Å². The molecule has 0 radical (unpaired) electrons. The third-order valence-electron chi connectivity index (χ3n) is 4.25. The highest BCUT2D eigenvalue weighted by atomic mass is 16.5. The van der Waals surface area contributed by atoms with Crippen LogP contribution in [0.25, 0.3) is 0 Å². The molecule has 6 nitrogen and oxygen atoms in total. The molecule has 6 heteroatoms. The summed E-state index contributed by atoms with van der Waals surface area (Å²) >= 11 is 0. The van der Waals surface area contributed by atoms with Crippen LogP contribution in [-0.4, -0.2) is 38.7 Å². The lowest BCUT2D eigenvalue weighted by molar-refractivity contribution is 0.0947. The fourth-order valence-electron chi connectivity index (χ4n) is 2.60. The van der Waals surface area contributed by atoms with Crippen LogP contribution in [0.4, 0.5) is 5.69 Å². The van der Waals surface area contributed by atoms with Crippen LogP contribution in [0, 0.1) is 5.92 Å². The zero-order valence-corrected chi connectivity index (χ0v) is 17.4. The van der Waals surface area contributed by atoms with Gasteiger partial charge in [-0.3, -0.25) is 9.59 Å². The van der Waals surface area contributed by atoms with Gasteiger partial charge in [-0.05, 0) is 55.2 Å². The first-order valence-electron chi connectivity index (χ1n) is 9.91. The number of ether oxygens (including phenoxy) is 2. The lowest BCUT2D eigenvalue weighted by Gasteiger charge is -2.11. The van der Waals surface area contributed by atoms with Gasteiger partial charge in [0.1, 0.15) is 5.75 Å². The molecular weight excluding hydrogens is 368 g/mol. The van der Waals surface area contributed by atoms with Gasteiger partial charge >= 0.3 is 0 Å². The standard InChI is InChI=1S/C23H30N2O4/c1-17(2)11-14-29-21-10-5-8-19(16-21)23(27)25-20-9-4-7-18(15-20)22(26)24-12-6-13-28-3/h4-5,7-10,15-17H,6,11-14H2,1-3H3,(H,24,26)(H,25,27). The Balaban J connectivity index is 1.95. The Morgan fingerprint density at radius 2 is 1.69 bits per heavy atom. The molecule has 0 heterocycles. The molecule has 2 N–H and O–H groups in total. The maximum atomic E-state index is 12.6. The van der Waals surface area contributed by atoms with E-state index in [9.17, 15) is 9.59 Å². The number of amides is 2. The van der Waals surface area contributed by atoms with Gasteiger partial charge in [-0.2, -0.15) is 0 Å².